The Morgan fingerprint density at radius 3 is 2.42 bits per heavy atom. The molecule has 3 nitrogen and oxygen atoms in total. The molecule has 0 aliphatic heterocycles. The lowest BCUT2D eigenvalue weighted by Gasteiger charge is -2.23. The van der Waals surface area contributed by atoms with Gasteiger partial charge in [0, 0.05) is 16.0 Å². The number of hydrogen-bond acceptors (Lipinski definition) is 3. The average molecular weight is 321 g/mol. The van der Waals surface area contributed by atoms with Crippen LogP contribution in [0.1, 0.15) is 44.4 Å². The Balaban J connectivity index is 1.77. The van der Waals surface area contributed by atoms with Crippen molar-refractivity contribution in [1.82, 2.24) is 10.2 Å². The van der Waals surface area contributed by atoms with E-state index in [0.717, 1.165) is 21.8 Å². The SMILES string of the molecule is CC1CCC(c2nnc(-c3ccc(Br)cc3)o2)CC1. The van der Waals surface area contributed by atoms with Crippen molar-refractivity contribution in [2.45, 2.75) is 38.5 Å². The maximum absolute atomic E-state index is 5.85. The zero-order chi connectivity index (χ0) is 13.2. The summed E-state index contributed by atoms with van der Waals surface area (Å²) in [5, 5.41) is 8.41. The van der Waals surface area contributed by atoms with Crippen LogP contribution in [0.25, 0.3) is 11.5 Å². The molecule has 1 saturated carbocycles. The van der Waals surface area contributed by atoms with E-state index in [9.17, 15) is 0 Å². The molecule has 0 spiro atoms. The molecule has 4 heteroatoms. The molecule has 1 aliphatic carbocycles. The monoisotopic (exact) mass is 320 g/mol. The van der Waals surface area contributed by atoms with Crippen LogP contribution in [-0.4, -0.2) is 10.2 Å². The van der Waals surface area contributed by atoms with Crippen LogP contribution in [0.15, 0.2) is 33.2 Å². The molecule has 1 aromatic carbocycles. The molecule has 100 valence electrons. The molecule has 3 rings (SSSR count). The van der Waals surface area contributed by atoms with Crippen LogP contribution >= 0.6 is 15.9 Å². The van der Waals surface area contributed by atoms with Gasteiger partial charge < -0.3 is 4.42 Å². The summed E-state index contributed by atoms with van der Waals surface area (Å²) in [6, 6.07) is 7.96. The van der Waals surface area contributed by atoms with E-state index in [-0.39, 0.29) is 0 Å². The molecule has 19 heavy (non-hydrogen) atoms. The highest BCUT2D eigenvalue weighted by atomic mass is 79.9. The summed E-state index contributed by atoms with van der Waals surface area (Å²) in [5.41, 5.74) is 0.978. The van der Waals surface area contributed by atoms with E-state index >= 15 is 0 Å². The number of aromatic nitrogens is 2. The van der Waals surface area contributed by atoms with Crippen molar-refractivity contribution < 1.29 is 4.42 Å². The fraction of sp³-hybridized carbons (Fsp3) is 0.467. The zero-order valence-electron chi connectivity index (χ0n) is 11.0. The van der Waals surface area contributed by atoms with Crippen molar-refractivity contribution >= 4 is 15.9 Å². The van der Waals surface area contributed by atoms with Gasteiger partial charge in [-0.25, -0.2) is 0 Å². The maximum atomic E-state index is 5.85. The van der Waals surface area contributed by atoms with Crippen LogP contribution in [0.3, 0.4) is 0 Å². The van der Waals surface area contributed by atoms with E-state index in [1.165, 1.54) is 25.7 Å². The van der Waals surface area contributed by atoms with Gasteiger partial charge in [0.25, 0.3) is 0 Å². The van der Waals surface area contributed by atoms with Crippen LogP contribution < -0.4 is 0 Å². The molecular formula is C15H17BrN2O. The number of hydrogen-bond donors (Lipinski definition) is 0. The summed E-state index contributed by atoms with van der Waals surface area (Å²) in [6.45, 7) is 2.32. The van der Waals surface area contributed by atoms with Gasteiger partial charge in [0.2, 0.25) is 11.8 Å². The normalized spacial score (nSPS) is 23.5. The van der Waals surface area contributed by atoms with E-state index in [2.05, 4.69) is 33.1 Å². The smallest absolute Gasteiger partial charge is 0.247 e. The minimum atomic E-state index is 0.452. The van der Waals surface area contributed by atoms with E-state index in [0.29, 0.717) is 11.8 Å². The fourth-order valence-electron chi connectivity index (χ4n) is 2.62. The predicted molar refractivity (Wildman–Crippen MR) is 77.8 cm³/mol. The third-order valence-electron chi connectivity index (χ3n) is 3.90. The van der Waals surface area contributed by atoms with Crippen molar-refractivity contribution in [1.29, 1.82) is 0 Å². The van der Waals surface area contributed by atoms with E-state index in [4.69, 9.17) is 4.42 Å². The number of nitrogens with zero attached hydrogens (tertiary/aromatic N) is 2. The third kappa shape index (κ3) is 2.89. The summed E-state index contributed by atoms with van der Waals surface area (Å²) in [4.78, 5) is 0. The van der Waals surface area contributed by atoms with Gasteiger partial charge in [-0.15, -0.1) is 10.2 Å². The lowest BCUT2D eigenvalue weighted by Crippen LogP contribution is -2.10. The van der Waals surface area contributed by atoms with E-state index < -0.39 is 0 Å². The first-order chi connectivity index (χ1) is 9.22. The van der Waals surface area contributed by atoms with Crippen LogP contribution in [0, 0.1) is 5.92 Å². The van der Waals surface area contributed by atoms with Crippen LogP contribution in [0.5, 0.6) is 0 Å². The zero-order valence-corrected chi connectivity index (χ0v) is 12.6. The number of halogens is 1. The number of benzene rings is 1. The van der Waals surface area contributed by atoms with Crippen molar-refractivity contribution in [2.75, 3.05) is 0 Å². The second-order valence-electron chi connectivity index (χ2n) is 5.41. The maximum Gasteiger partial charge on any atom is 0.247 e. The summed E-state index contributed by atoms with van der Waals surface area (Å²) in [5.74, 6) is 2.73. The summed E-state index contributed by atoms with van der Waals surface area (Å²) >= 11 is 3.42. The first kappa shape index (κ1) is 12.9. The lowest BCUT2D eigenvalue weighted by atomic mass is 9.83. The van der Waals surface area contributed by atoms with E-state index in [1.54, 1.807) is 0 Å². The standard InChI is InChI=1S/C15H17BrN2O/c1-10-2-4-11(5-3-10)14-17-18-15(19-14)12-6-8-13(16)9-7-12/h6-11H,2-5H2,1H3. The van der Waals surface area contributed by atoms with Gasteiger partial charge >= 0.3 is 0 Å². The summed E-state index contributed by atoms with van der Waals surface area (Å²) in [7, 11) is 0. The van der Waals surface area contributed by atoms with Crippen molar-refractivity contribution in [3.63, 3.8) is 0 Å². The molecule has 0 unspecified atom stereocenters. The third-order valence-corrected chi connectivity index (χ3v) is 4.43. The summed E-state index contributed by atoms with van der Waals surface area (Å²) in [6.07, 6.45) is 4.87. The molecule has 0 atom stereocenters. The minimum Gasteiger partial charge on any atom is -0.420 e. The molecule has 0 bridgehead atoms. The highest BCUT2D eigenvalue weighted by Crippen LogP contribution is 2.35. The number of rotatable bonds is 2. The predicted octanol–water partition coefficient (Wildman–Crippen LogP) is 4.79. The van der Waals surface area contributed by atoms with Crippen molar-refractivity contribution in [3.8, 4) is 11.5 Å². The Kier molecular flexibility index (Phi) is 3.69. The van der Waals surface area contributed by atoms with Gasteiger partial charge in [0.05, 0.1) is 0 Å². The quantitative estimate of drug-likeness (QED) is 0.798. The second kappa shape index (κ2) is 5.45. The van der Waals surface area contributed by atoms with Crippen molar-refractivity contribution in [2.24, 2.45) is 5.92 Å². The molecule has 1 heterocycles. The highest BCUT2D eigenvalue weighted by molar-refractivity contribution is 9.10. The van der Waals surface area contributed by atoms with Gasteiger partial charge in [-0.2, -0.15) is 0 Å². The summed E-state index contributed by atoms with van der Waals surface area (Å²) < 4.78 is 6.90. The minimum absolute atomic E-state index is 0.452. The van der Waals surface area contributed by atoms with Crippen molar-refractivity contribution in [3.05, 3.63) is 34.6 Å². The highest BCUT2D eigenvalue weighted by Gasteiger charge is 2.24. The van der Waals surface area contributed by atoms with E-state index in [1.807, 2.05) is 24.3 Å². The Morgan fingerprint density at radius 2 is 1.74 bits per heavy atom. The molecule has 0 saturated heterocycles. The molecule has 0 amide bonds. The lowest BCUT2D eigenvalue weighted by molar-refractivity contribution is 0.309. The van der Waals surface area contributed by atoms with Crippen LogP contribution in [0.2, 0.25) is 0 Å². The van der Waals surface area contributed by atoms with Gasteiger partial charge in [0.1, 0.15) is 0 Å². The Morgan fingerprint density at radius 1 is 1.05 bits per heavy atom. The molecular weight excluding hydrogens is 304 g/mol. The van der Waals surface area contributed by atoms with Gasteiger partial charge in [-0.05, 0) is 55.9 Å². The topological polar surface area (TPSA) is 38.9 Å². The van der Waals surface area contributed by atoms with Gasteiger partial charge in [-0.1, -0.05) is 22.9 Å². The molecule has 2 aromatic rings. The Hall–Kier alpha value is -1.16. The van der Waals surface area contributed by atoms with Gasteiger partial charge in [0.15, 0.2) is 0 Å². The average Bonchev–Trinajstić information content (AvgIpc) is 2.90. The fourth-order valence-corrected chi connectivity index (χ4v) is 2.88. The molecule has 1 aliphatic rings. The molecule has 1 fully saturated rings. The molecule has 0 N–H and O–H groups in total. The van der Waals surface area contributed by atoms with Gasteiger partial charge in [-0.3, -0.25) is 0 Å². The Bertz CT molecular complexity index is 542. The first-order valence-corrected chi connectivity index (χ1v) is 7.61. The molecule has 0 radical (unpaired) electrons. The molecule has 1 aromatic heterocycles. The Labute approximate surface area is 121 Å². The van der Waals surface area contributed by atoms with Crippen LogP contribution in [0.4, 0.5) is 0 Å². The second-order valence-corrected chi connectivity index (χ2v) is 6.32. The van der Waals surface area contributed by atoms with Crippen LogP contribution in [-0.2, 0) is 0 Å². The first-order valence-electron chi connectivity index (χ1n) is 6.81. The largest absolute Gasteiger partial charge is 0.420 e.